The molecule has 1 fully saturated rings. The van der Waals surface area contributed by atoms with Gasteiger partial charge in [0.15, 0.2) is 0 Å². The molecule has 3 heteroatoms. The van der Waals surface area contributed by atoms with Gasteiger partial charge in [-0.2, -0.15) is 0 Å². The van der Waals surface area contributed by atoms with Gasteiger partial charge in [-0.15, -0.1) is 0 Å². The van der Waals surface area contributed by atoms with Crippen molar-refractivity contribution in [2.45, 2.75) is 71.4 Å². The van der Waals surface area contributed by atoms with Crippen molar-refractivity contribution in [1.29, 1.82) is 0 Å². The number of carbonyl (C=O) groups is 1. The molecular weight excluding hydrogens is 202 g/mol. The smallest absolute Gasteiger partial charge is 0.320 e. The minimum atomic E-state index is -0.696. The van der Waals surface area contributed by atoms with Crippen LogP contribution < -0.4 is 5.32 Å². The SMILES string of the molecule is CCCCC(NC1CCC(C)(C)C1)C(=O)O. The van der Waals surface area contributed by atoms with E-state index in [1.54, 1.807) is 0 Å². The van der Waals surface area contributed by atoms with Crippen molar-refractivity contribution >= 4 is 5.97 Å². The molecule has 0 spiro atoms. The minimum absolute atomic E-state index is 0.348. The molecule has 0 radical (unpaired) electrons. The highest BCUT2D eigenvalue weighted by Gasteiger charge is 2.32. The van der Waals surface area contributed by atoms with Gasteiger partial charge < -0.3 is 10.4 Å². The van der Waals surface area contributed by atoms with Crippen LogP contribution in [0.15, 0.2) is 0 Å². The van der Waals surface area contributed by atoms with Gasteiger partial charge in [-0.05, 0) is 31.1 Å². The summed E-state index contributed by atoms with van der Waals surface area (Å²) < 4.78 is 0. The second kappa shape index (κ2) is 5.67. The van der Waals surface area contributed by atoms with E-state index in [9.17, 15) is 4.79 Å². The Morgan fingerprint density at radius 3 is 2.69 bits per heavy atom. The maximum Gasteiger partial charge on any atom is 0.320 e. The molecule has 16 heavy (non-hydrogen) atoms. The first-order valence-corrected chi connectivity index (χ1v) is 6.43. The molecule has 3 nitrogen and oxygen atoms in total. The number of rotatable bonds is 6. The van der Waals surface area contributed by atoms with Crippen LogP contribution >= 0.6 is 0 Å². The molecule has 1 rings (SSSR count). The van der Waals surface area contributed by atoms with Gasteiger partial charge >= 0.3 is 5.97 Å². The summed E-state index contributed by atoms with van der Waals surface area (Å²) in [5.74, 6) is -0.696. The molecule has 0 heterocycles. The lowest BCUT2D eigenvalue weighted by Crippen LogP contribution is -2.42. The van der Waals surface area contributed by atoms with Crippen LogP contribution in [0, 0.1) is 5.41 Å². The lowest BCUT2D eigenvalue weighted by Gasteiger charge is -2.21. The molecule has 0 aromatic rings. The highest BCUT2D eigenvalue weighted by atomic mass is 16.4. The maximum atomic E-state index is 11.1. The van der Waals surface area contributed by atoms with Crippen molar-refractivity contribution < 1.29 is 9.90 Å². The van der Waals surface area contributed by atoms with E-state index in [0.717, 1.165) is 32.1 Å². The maximum absolute atomic E-state index is 11.1. The third-order valence-corrected chi connectivity index (χ3v) is 3.55. The molecule has 1 aliphatic carbocycles. The third-order valence-electron chi connectivity index (χ3n) is 3.55. The van der Waals surface area contributed by atoms with E-state index in [1.807, 2.05) is 0 Å². The van der Waals surface area contributed by atoms with Gasteiger partial charge in [-0.25, -0.2) is 0 Å². The van der Waals surface area contributed by atoms with Gasteiger partial charge in [0.05, 0.1) is 0 Å². The number of hydrogen-bond acceptors (Lipinski definition) is 2. The molecule has 0 saturated heterocycles. The van der Waals surface area contributed by atoms with Crippen LogP contribution in [-0.2, 0) is 4.79 Å². The highest BCUT2D eigenvalue weighted by Crippen LogP contribution is 2.37. The van der Waals surface area contributed by atoms with Crippen molar-refractivity contribution in [3.05, 3.63) is 0 Å². The fourth-order valence-corrected chi connectivity index (χ4v) is 2.55. The highest BCUT2D eigenvalue weighted by molar-refractivity contribution is 5.73. The molecule has 2 unspecified atom stereocenters. The summed E-state index contributed by atoms with van der Waals surface area (Å²) in [5, 5.41) is 12.4. The Balaban J connectivity index is 2.40. The zero-order chi connectivity index (χ0) is 12.2. The number of hydrogen-bond donors (Lipinski definition) is 2. The zero-order valence-electron chi connectivity index (χ0n) is 10.8. The van der Waals surface area contributed by atoms with Gasteiger partial charge in [0.25, 0.3) is 0 Å². The van der Waals surface area contributed by atoms with Gasteiger partial charge in [-0.1, -0.05) is 33.6 Å². The second-order valence-corrected chi connectivity index (χ2v) is 5.80. The van der Waals surface area contributed by atoms with E-state index in [0.29, 0.717) is 11.5 Å². The summed E-state index contributed by atoms with van der Waals surface area (Å²) in [6, 6.07) is 0.0480. The quantitative estimate of drug-likeness (QED) is 0.733. The van der Waals surface area contributed by atoms with Crippen LogP contribution in [0.5, 0.6) is 0 Å². The molecule has 1 aliphatic rings. The molecule has 0 aromatic carbocycles. The van der Waals surface area contributed by atoms with Crippen LogP contribution in [-0.4, -0.2) is 23.2 Å². The van der Waals surface area contributed by atoms with Crippen molar-refractivity contribution in [3.8, 4) is 0 Å². The summed E-state index contributed by atoms with van der Waals surface area (Å²) in [4.78, 5) is 11.1. The summed E-state index contributed by atoms with van der Waals surface area (Å²) >= 11 is 0. The van der Waals surface area contributed by atoms with Gasteiger partial charge in [0.1, 0.15) is 6.04 Å². The van der Waals surface area contributed by atoms with Gasteiger partial charge in [0, 0.05) is 6.04 Å². The Bertz CT molecular complexity index is 238. The summed E-state index contributed by atoms with van der Waals surface area (Å²) in [7, 11) is 0. The molecule has 1 saturated carbocycles. The predicted octanol–water partition coefficient (Wildman–Crippen LogP) is 2.80. The molecule has 2 atom stereocenters. The first-order valence-electron chi connectivity index (χ1n) is 6.43. The Morgan fingerprint density at radius 2 is 2.25 bits per heavy atom. The largest absolute Gasteiger partial charge is 0.480 e. The van der Waals surface area contributed by atoms with E-state index in [-0.39, 0.29) is 6.04 Å². The zero-order valence-corrected chi connectivity index (χ0v) is 10.8. The van der Waals surface area contributed by atoms with E-state index in [1.165, 1.54) is 6.42 Å². The third kappa shape index (κ3) is 4.12. The molecule has 0 aromatic heterocycles. The predicted molar refractivity (Wildman–Crippen MR) is 65.5 cm³/mol. The molecule has 2 N–H and O–H groups in total. The van der Waals surface area contributed by atoms with E-state index in [4.69, 9.17) is 5.11 Å². The van der Waals surface area contributed by atoms with Crippen molar-refractivity contribution in [2.24, 2.45) is 5.41 Å². The standard InChI is InChI=1S/C13H25NO2/c1-4-5-6-11(12(15)16)14-10-7-8-13(2,3)9-10/h10-11,14H,4-9H2,1-3H3,(H,15,16). The first-order chi connectivity index (χ1) is 7.44. The summed E-state index contributed by atoms with van der Waals surface area (Å²) in [5.41, 5.74) is 0.380. The number of carboxylic acids is 1. The molecular formula is C13H25NO2. The molecule has 0 bridgehead atoms. The average molecular weight is 227 g/mol. The summed E-state index contributed by atoms with van der Waals surface area (Å²) in [6.45, 7) is 6.62. The van der Waals surface area contributed by atoms with Gasteiger partial charge in [0.2, 0.25) is 0 Å². The van der Waals surface area contributed by atoms with Crippen LogP contribution in [0.25, 0.3) is 0 Å². The van der Waals surface area contributed by atoms with Crippen molar-refractivity contribution in [2.75, 3.05) is 0 Å². The van der Waals surface area contributed by atoms with Crippen molar-refractivity contribution in [1.82, 2.24) is 5.32 Å². The lowest BCUT2D eigenvalue weighted by molar-refractivity contribution is -0.139. The van der Waals surface area contributed by atoms with Crippen LogP contribution in [0.4, 0.5) is 0 Å². The van der Waals surface area contributed by atoms with Gasteiger partial charge in [-0.3, -0.25) is 4.79 Å². The monoisotopic (exact) mass is 227 g/mol. The Labute approximate surface area is 98.6 Å². The van der Waals surface area contributed by atoms with Crippen LogP contribution in [0.2, 0.25) is 0 Å². The van der Waals surface area contributed by atoms with E-state index in [2.05, 4.69) is 26.1 Å². The molecule has 0 aliphatic heterocycles. The number of aliphatic carboxylic acids is 1. The van der Waals surface area contributed by atoms with Crippen LogP contribution in [0.3, 0.4) is 0 Å². The second-order valence-electron chi connectivity index (χ2n) is 5.80. The average Bonchev–Trinajstić information content (AvgIpc) is 2.52. The van der Waals surface area contributed by atoms with E-state index >= 15 is 0 Å². The number of nitrogens with one attached hydrogen (secondary N) is 1. The van der Waals surface area contributed by atoms with Crippen LogP contribution in [0.1, 0.15) is 59.3 Å². The lowest BCUT2D eigenvalue weighted by atomic mass is 9.91. The molecule has 0 amide bonds. The van der Waals surface area contributed by atoms with E-state index < -0.39 is 5.97 Å². The Morgan fingerprint density at radius 1 is 1.56 bits per heavy atom. The fourth-order valence-electron chi connectivity index (χ4n) is 2.55. The minimum Gasteiger partial charge on any atom is -0.480 e. The Kier molecular flexibility index (Phi) is 4.78. The summed E-state index contributed by atoms with van der Waals surface area (Å²) in [6.07, 6.45) is 6.21. The van der Waals surface area contributed by atoms with Crippen molar-refractivity contribution in [3.63, 3.8) is 0 Å². The topological polar surface area (TPSA) is 49.3 Å². The normalized spacial score (nSPS) is 25.6. The fraction of sp³-hybridized carbons (Fsp3) is 0.923. The number of carboxylic acid groups (broad SMARTS) is 1. The Hall–Kier alpha value is -0.570. The number of unbranched alkanes of at least 4 members (excludes halogenated alkanes) is 1. The molecule has 94 valence electrons. The first kappa shape index (κ1) is 13.5.